The third-order valence-electron chi connectivity index (χ3n) is 5.46. The Morgan fingerprint density at radius 1 is 0.452 bits per heavy atom. The minimum absolute atomic E-state index is 0.568. The first kappa shape index (κ1) is 21.2. The van der Waals surface area contributed by atoms with E-state index in [1.54, 1.807) is 0 Å². The van der Waals surface area contributed by atoms with Crippen LogP contribution >= 0.6 is 8.58 Å². The van der Waals surface area contributed by atoms with Gasteiger partial charge in [0.1, 0.15) is 0 Å². The molecule has 3 heteroatoms. The largest absolute Gasteiger partial charge is 0.377 e. The van der Waals surface area contributed by atoms with Crippen LogP contribution in [0.3, 0.4) is 0 Å². The molecule has 0 saturated carbocycles. The summed E-state index contributed by atoms with van der Waals surface area (Å²) in [5.74, 6) is 0. The summed E-state index contributed by atoms with van der Waals surface area (Å²) >= 11 is 0. The molecular formula is C28H29N2P. The van der Waals surface area contributed by atoms with Crippen molar-refractivity contribution in [1.82, 2.24) is 0 Å². The van der Waals surface area contributed by atoms with Crippen LogP contribution < -0.4 is 20.4 Å². The second kappa shape index (κ2) is 9.37. The highest BCUT2D eigenvalue weighted by molar-refractivity contribution is 7.56. The molecule has 1 unspecified atom stereocenters. The van der Waals surface area contributed by atoms with Crippen molar-refractivity contribution in [3.8, 4) is 22.3 Å². The van der Waals surface area contributed by atoms with Gasteiger partial charge in [-0.15, -0.1) is 0 Å². The van der Waals surface area contributed by atoms with E-state index < -0.39 is 0 Å². The van der Waals surface area contributed by atoms with Crippen molar-refractivity contribution in [2.24, 2.45) is 0 Å². The molecule has 0 aliphatic carbocycles. The van der Waals surface area contributed by atoms with Crippen LogP contribution in [-0.4, -0.2) is 28.2 Å². The monoisotopic (exact) mass is 424 g/mol. The highest BCUT2D eigenvalue weighted by Gasteiger charge is 2.17. The number of benzene rings is 4. The number of hydrogen-bond donors (Lipinski definition) is 0. The van der Waals surface area contributed by atoms with Crippen LogP contribution in [0, 0.1) is 0 Å². The van der Waals surface area contributed by atoms with Crippen LogP contribution in [0.15, 0.2) is 97.1 Å². The summed E-state index contributed by atoms with van der Waals surface area (Å²) in [7, 11) is 9.03. The number of nitrogens with zero attached hydrogens (tertiary/aromatic N) is 2. The van der Waals surface area contributed by atoms with E-state index in [1.165, 1.54) is 44.2 Å². The molecule has 4 aromatic carbocycles. The smallest absolute Gasteiger partial charge is 0.0440 e. The summed E-state index contributed by atoms with van der Waals surface area (Å²) in [6.45, 7) is 0. The summed E-state index contributed by atoms with van der Waals surface area (Å²) in [6, 6.07) is 34.9. The van der Waals surface area contributed by atoms with E-state index in [0.717, 1.165) is 0 Å². The van der Waals surface area contributed by atoms with Crippen molar-refractivity contribution in [2.75, 3.05) is 38.0 Å². The van der Waals surface area contributed by atoms with Gasteiger partial charge in [-0.25, -0.2) is 0 Å². The summed E-state index contributed by atoms with van der Waals surface area (Å²) < 4.78 is 0. The molecule has 0 aliphatic heterocycles. The van der Waals surface area contributed by atoms with Crippen LogP contribution in [-0.2, 0) is 0 Å². The molecule has 0 aliphatic rings. The third kappa shape index (κ3) is 4.50. The average Bonchev–Trinajstić information content (AvgIpc) is 2.80. The topological polar surface area (TPSA) is 6.48 Å². The fourth-order valence-corrected chi connectivity index (χ4v) is 5.34. The van der Waals surface area contributed by atoms with Gasteiger partial charge >= 0.3 is 0 Å². The molecular weight excluding hydrogens is 395 g/mol. The van der Waals surface area contributed by atoms with Gasteiger partial charge in [-0.3, -0.25) is 0 Å². The van der Waals surface area contributed by atoms with E-state index in [4.69, 9.17) is 0 Å². The number of hydrogen-bond acceptors (Lipinski definition) is 2. The SMILES string of the molecule is CN(C)c1ccccc1-c1cccc(-c2ccccc2N(C)C)c1Pc1ccccc1. The zero-order valence-electron chi connectivity index (χ0n) is 18.6. The normalized spacial score (nSPS) is 11.1. The first-order chi connectivity index (χ1) is 15.1. The van der Waals surface area contributed by atoms with Gasteiger partial charge < -0.3 is 9.80 Å². The standard InChI is InChI=1S/C28H29N2P/c1-29(2)26-19-10-8-15-22(26)24-17-12-18-25(23-16-9-11-20-27(23)30(3)4)28(24)31-21-13-6-5-7-14-21/h5-20,31H,1-4H3. The van der Waals surface area contributed by atoms with Crippen molar-refractivity contribution in [3.05, 3.63) is 97.1 Å². The van der Waals surface area contributed by atoms with Crippen LogP contribution in [0.1, 0.15) is 0 Å². The fraction of sp³-hybridized carbons (Fsp3) is 0.143. The Kier molecular flexibility index (Phi) is 6.39. The minimum atomic E-state index is 0.568. The van der Waals surface area contributed by atoms with Gasteiger partial charge in [0.15, 0.2) is 0 Å². The Bertz CT molecular complexity index is 1100. The highest BCUT2D eigenvalue weighted by Crippen LogP contribution is 2.37. The molecule has 2 nitrogen and oxygen atoms in total. The summed E-state index contributed by atoms with van der Waals surface area (Å²) in [4.78, 5) is 4.40. The summed E-state index contributed by atoms with van der Waals surface area (Å²) in [5, 5.41) is 2.73. The Balaban J connectivity index is 1.99. The zero-order valence-corrected chi connectivity index (χ0v) is 19.6. The Morgan fingerprint density at radius 2 is 0.871 bits per heavy atom. The minimum Gasteiger partial charge on any atom is -0.377 e. The van der Waals surface area contributed by atoms with Gasteiger partial charge in [-0.2, -0.15) is 0 Å². The van der Waals surface area contributed by atoms with E-state index in [2.05, 4.69) is 135 Å². The molecule has 0 radical (unpaired) electrons. The molecule has 0 amide bonds. The second-order valence-corrected chi connectivity index (χ2v) is 9.37. The van der Waals surface area contributed by atoms with Gasteiger partial charge in [-0.05, 0) is 33.9 Å². The molecule has 0 heterocycles. The van der Waals surface area contributed by atoms with Crippen molar-refractivity contribution in [2.45, 2.75) is 0 Å². The molecule has 156 valence electrons. The fourth-order valence-electron chi connectivity index (χ4n) is 3.98. The lowest BCUT2D eigenvalue weighted by Crippen LogP contribution is -2.15. The molecule has 0 N–H and O–H groups in total. The van der Waals surface area contributed by atoms with Gasteiger partial charge in [0.2, 0.25) is 0 Å². The van der Waals surface area contributed by atoms with E-state index in [9.17, 15) is 0 Å². The van der Waals surface area contributed by atoms with Gasteiger partial charge in [-0.1, -0.05) is 93.5 Å². The maximum Gasteiger partial charge on any atom is 0.0440 e. The van der Waals surface area contributed by atoms with E-state index >= 15 is 0 Å². The second-order valence-electron chi connectivity index (χ2n) is 8.04. The molecule has 0 spiro atoms. The Morgan fingerprint density at radius 3 is 1.35 bits per heavy atom. The number of rotatable bonds is 6. The maximum atomic E-state index is 2.27. The number of anilines is 2. The molecule has 1 atom stereocenters. The molecule has 0 saturated heterocycles. The van der Waals surface area contributed by atoms with Crippen LogP contribution in [0.4, 0.5) is 11.4 Å². The molecule has 0 aromatic heterocycles. The van der Waals surface area contributed by atoms with Crippen LogP contribution in [0.2, 0.25) is 0 Å². The Labute approximate surface area is 187 Å². The quantitative estimate of drug-likeness (QED) is 0.362. The first-order valence-electron chi connectivity index (χ1n) is 10.5. The summed E-state index contributed by atoms with van der Waals surface area (Å²) in [5.41, 5.74) is 7.62. The van der Waals surface area contributed by atoms with Crippen molar-refractivity contribution < 1.29 is 0 Å². The maximum absolute atomic E-state index is 2.27. The highest BCUT2D eigenvalue weighted by atomic mass is 31.1. The first-order valence-corrected chi connectivity index (χ1v) is 11.5. The molecule has 31 heavy (non-hydrogen) atoms. The van der Waals surface area contributed by atoms with Crippen LogP contribution in [0.25, 0.3) is 22.3 Å². The van der Waals surface area contributed by atoms with E-state index in [0.29, 0.717) is 8.58 Å². The predicted molar refractivity (Wildman–Crippen MR) is 140 cm³/mol. The molecule has 4 rings (SSSR count). The van der Waals surface area contributed by atoms with E-state index in [-0.39, 0.29) is 0 Å². The summed E-state index contributed by atoms with van der Waals surface area (Å²) in [6.07, 6.45) is 0. The number of para-hydroxylation sites is 2. The Hall–Kier alpha value is -3.09. The zero-order chi connectivity index (χ0) is 21.8. The van der Waals surface area contributed by atoms with Gasteiger partial charge in [0, 0.05) is 50.7 Å². The molecule has 0 fully saturated rings. The van der Waals surface area contributed by atoms with Gasteiger partial charge in [0.05, 0.1) is 0 Å². The lowest BCUT2D eigenvalue weighted by molar-refractivity contribution is 1.13. The van der Waals surface area contributed by atoms with Crippen LogP contribution in [0.5, 0.6) is 0 Å². The van der Waals surface area contributed by atoms with Crippen molar-refractivity contribution in [3.63, 3.8) is 0 Å². The predicted octanol–water partition coefficient (Wildman–Crippen LogP) is 5.78. The van der Waals surface area contributed by atoms with Crippen molar-refractivity contribution in [1.29, 1.82) is 0 Å². The van der Waals surface area contributed by atoms with Crippen molar-refractivity contribution >= 4 is 30.6 Å². The van der Waals surface area contributed by atoms with E-state index in [1.807, 2.05) is 0 Å². The lowest BCUT2D eigenvalue weighted by Gasteiger charge is -2.23. The average molecular weight is 425 g/mol. The third-order valence-corrected chi connectivity index (χ3v) is 6.87. The lowest BCUT2D eigenvalue weighted by atomic mass is 9.96. The van der Waals surface area contributed by atoms with Gasteiger partial charge in [0.25, 0.3) is 0 Å². The molecule has 4 aromatic rings. The molecule has 0 bridgehead atoms.